The summed E-state index contributed by atoms with van der Waals surface area (Å²) in [6.45, 7) is 9.40. The van der Waals surface area contributed by atoms with Crippen LogP contribution in [-0.2, 0) is 31.4 Å². The van der Waals surface area contributed by atoms with E-state index in [4.69, 9.17) is 4.74 Å². The van der Waals surface area contributed by atoms with E-state index < -0.39 is 27.8 Å². The molecule has 2 aromatic heterocycles. The highest BCUT2D eigenvalue weighted by Gasteiger charge is 2.39. The van der Waals surface area contributed by atoms with Crippen LogP contribution in [0.4, 0.5) is 0 Å². The van der Waals surface area contributed by atoms with Crippen molar-refractivity contribution in [2.45, 2.75) is 78.1 Å². The van der Waals surface area contributed by atoms with Gasteiger partial charge in [0.25, 0.3) is 0 Å². The molecule has 0 unspecified atom stereocenters. The second-order valence-corrected chi connectivity index (χ2v) is 17.7. The molecule has 0 saturated carbocycles. The summed E-state index contributed by atoms with van der Waals surface area (Å²) in [5, 5.41) is 0. The molecule has 3 heterocycles. The van der Waals surface area contributed by atoms with Gasteiger partial charge >= 0.3 is 0 Å². The number of likely N-dealkylation sites (tertiary alicyclic amines) is 1. The van der Waals surface area contributed by atoms with Crippen molar-refractivity contribution in [3.8, 4) is 28.3 Å². The number of thiophene rings is 1. The van der Waals surface area contributed by atoms with Crippen LogP contribution in [-0.4, -0.2) is 66.8 Å². The molecule has 1 fully saturated rings. The van der Waals surface area contributed by atoms with Gasteiger partial charge in [0.1, 0.15) is 5.75 Å². The lowest BCUT2D eigenvalue weighted by molar-refractivity contribution is -0.145. The summed E-state index contributed by atoms with van der Waals surface area (Å²) < 4.78 is 30.9. The number of hydrogen-bond acceptors (Lipinski definition) is 9. The Bertz CT molecular complexity index is 1960. The van der Waals surface area contributed by atoms with Gasteiger partial charge in [0.15, 0.2) is 11.6 Å². The third kappa shape index (κ3) is 11.3. The second kappa shape index (κ2) is 17.6. The monoisotopic (exact) mass is 758 g/mol. The van der Waals surface area contributed by atoms with Crippen LogP contribution in [0.2, 0.25) is 0 Å². The molecule has 1 atom stereocenters. The van der Waals surface area contributed by atoms with Crippen molar-refractivity contribution in [3.05, 3.63) is 88.4 Å². The number of ether oxygens (including phenoxy) is 1. The third-order valence-electron chi connectivity index (χ3n) is 9.30. The van der Waals surface area contributed by atoms with Gasteiger partial charge in [-0.2, -0.15) is 0 Å². The zero-order chi connectivity index (χ0) is 38.2. The molecule has 2 aromatic carbocycles. The van der Waals surface area contributed by atoms with Gasteiger partial charge in [0, 0.05) is 53.8 Å². The second-order valence-electron chi connectivity index (χ2n) is 14.9. The lowest BCUT2D eigenvalue weighted by Crippen LogP contribution is -2.57. The van der Waals surface area contributed by atoms with Crippen LogP contribution in [0.3, 0.4) is 0 Å². The Balaban J connectivity index is 1.23. The molecule has 5 rings (SSSR count). The molecule has 1 N–H and O–H groups in total. The number of hydrogen-bond donors (Lipinski definition) is 1. The number of Topliss-reactive ketones (excluding diaryl/α,β-unsaturated/α-hetero) is 1. The number of nitrogens with one attached hydrogen (secondary N) is 1. The maximum absolute atomic E-state index is 13.8. The minimum Gasteiger partial charge on any atom is -0.494 e. The fourth-order valence-corrected chi connectivity index (χ4v) is 7.70. The van der Waals surface area contributed by atoms with E-state index in [1.165, 1.54) is 41.9 Å². The van der Waals surface area contributed by atoms with Gasteiger partial charge in [0.05, 0.1) is 23.7 Å². The Hall–Kier alpha value is -4.42. The molecule has 0 spiro atoms. The molecule has 1 aliphatic heterocycles. The number of rotatable bonds is 17. The van der Waals surface area contributed by atoms with Crippen molar-refractivity contribution in [3.63, 3.8) is 0 Å². The predicted molar refractivity (Wildman–Crippen MR) is 209 cm³/mol. The standard InChI is InChI=1S/C41H50N4O6S2/c1-6-7-8-9-10-21-51-34-17-15-29(16-18-34)32-24-42-38(43-25-32)30-13-11-28(12-14-30)22-31(23-35(46)36-19-20-37(52-36)41(2,3)4)40(48)45-26-33(27-45)39(47)44-53(5,49)50/h11-20,24-25,31,33H,6-10,21-23,26-27H2,1-5H3,(H,44,47)/t31-/m1/s1. The Kier molecular flexibility index (Phi) is 13.2. The number of benzene rings is 2. The van der Waals surface area contributed by atoms with Gasteiger partial charge in [-0.05, 0) is 53.6 Å². The third-order valence-corrected chi connectivity index (χ3v) is 11.4. The molecule has 282 valence electrons. The number of amides is 2. The number of nitrogens with zero attached hydrogens (tertiary/aromatic N) is 3. The maximum atomic E-state index is 13.8. The van der Waals surface area contributed by atoms with Crippen molar-refractivity contribution < 1.29 is 27.5 Å². The first-order chi connectivity index (χ1) is 25.2. The molecule has 4 aromatic rings. The first kappa shape index (κ1) is 39.8. The zero-order valence-electron chi connectivity index (χ0n) is 31.3. The average molecular weight is 759 g/mol. The highest BCUT2D eigenvalue weighted by atomic mass is 32.2. The van der Waals surface area contributed by atoms with Crippen molar-refractivity contribution in [2.75, 3.05) is 26.0 Å². The van der Waals surface area contributed by atoms with Crippen LogP contribution in [0.25, 0.3) is 22.5 Å². The Morgan fingerprint density at radius 2 is 1.53 bits per heavy atom. The van der Waals surface area contributed by atoms with Gasteiger partial charge in [-0.1, -0.05) is 89.8 Å². The average Bonchev–Trinajstić information content (AvgIpc) is 3.61. The van der Waals surface area contributed by atoms with E-state index in [1.54, 1.807) is 12.4 Å². The Labute approximate surface area is 317 Å². The maximum Gasteiger partial charge on any atom is 0.240 e. The number of ketones is 1. The van der Waals surface area contributed by atoms with E-state index >= 15 is 0 Å². The lowest BCUT2D eigenvalue weighted by atomic mass is 9.89. The number of unbranched alkanes of at least 4 members (excludes halogenated alkanes) is 4. The van der Waals surface area contributed by atoms with Crippen molar-refractivity contribution in [2.24, 2.45) is 11.8 Å². The highest BCUT2D eigenvalue weighted by Crippen LogP contribution is 2.32. The Morgan fingerprint density at radius 3 is 2.13 bits per heavy atom. The molecule has 0 bridgehead atoms. The molecule has 1 saturated heterocycles. The summed E-state index contributed by atoms with van der Waals surface area (Å²) in [6, 6.07) is 19.4. The number of carbonyl (C=O) groups excluding carboxylic acids is 3. The fourth-order valence-electron chi connectivity index (χ4n) is 6.15. The summed E-state index contributed by atoms with van der Waals surface area (Å²) in [5.74, 6) is -0.842. The van der Waals surface area contributed by atoms with E-state index in [9.17, 15) is 22.8 Å². The largest absolute Gasteiger partial charge is 0.494 e. The topological polar surface area (TPSA) is 136 Å². The van der Waals surface area contributed by atoms with Crippen molar-refractivity contribution in [1.82, 2.24) is 19.6 Å². The molecule has 53 heavy (non-hydrogen) atoms. The SMILES string of the molecule is CCCCCCCOc1ccc(-c2cnc(-c3ccc(C[C@H](CC(=O)c4ccc(C(C)(C)C)s4)C(=O)N4CC(C(=O)NS(C)(=O)=O)C4)cc3)nc2)cc1. The van der Waals surface area contributed by atoms with Crippen LogP contribution >= 0.6 is 11.3 Å². The summed E-state index contributed by atoms with van der Waals surface area (Å²) in [6.07, 6.45) is 10.8. The van der Waals surface area contributed by atoms with Gasteiger partial charge in [0.2, 0.25) is 21.8 Å². The van der Waals surface area contributed by atoms with Crippen molar-refractivity contribution in [1.29, 1.82) is 0 Å². The summed E-state index contributed by atoms with van der Waals surface area (Å²) in [5.41, 5.74) is 3.47. The molecule has 10 nitrogen and oxygen atoms in total. The van der Waals surface area contributed by atoms with Crippen LogP contribution in [0.1, 0.15) is 86.3 Å². The van der Waals surface area contributed by atoms with Gasteiger partial charge in [-0.25, -0.2) is 18.4 Å². The van der Waals surface area contributed by atoms with E-state index in [-0.39, 0.29) is 36.6 Å². The molecule has 0 radical (unpaired) electrons. The highest BCUT2D eigenvalue weighted by molar-refractivity contribution is 7.89. The predicted octanol–water partition coefficient (Wildman–Crippen LogP) is 7.48. The van der Waals surface area contributed by atoms with Gasteiger partial charge in [-0.3, -0.25) is 19.1 Å². The van der Waals surface area contributed by atoms with Crippen LogP contribution in [0.15, 0.2) is 73.1 Å². The molecule has 12 heteroatoms. The first-order valence-corrected chi connectivity index (χ1v) is 21.0. The fraction of sp³-hybridized carbons (Fsp3) is 0.439. The molecule has 1 aliphatic rings. The summed E-state index contributed by atoms with van der Waals surface area (Å²) in [4.78, 5) is 52.0. The van der Waals surface area contributed by atoms with E-state index in [2.05, 4.69) is 37.7 Å². The minimum atomic E-state index is -3.70. The summed E-state index contributed by atoms with van der Waals surface area (Å²) in [7, 11) is -3.70. The molecular formula is C41H50N4O6S2. The minimum absolute atomic E-state index is 0.0120. The van der Waals surface area contributed by atoms with Crippen LogP contribution in [0.5, 0.6) is 5.75 Å². The quantitative estimate of drug-likeness (QED) is 0.0865. The van der Waals surface area contributed by atoms with E-state index in [1.807, 2.05) is 65.4 Å². The molecule has 0 aliphatic carbocycles. The summed E-state index contributed by atoms with van der Waals surface area (Å²) >= 11 is 1.45. The van der Waals surface area contributed by atoms with Gasteiger partial charge < -0.3 is 9.64 Å². The normalized spacial score (nSPS) is 14.0. The van der Waals surface area contributed by atoms with E-state index in [0.29, 0.717) is 17.1 Å². The van der Waals surface area contributed by atoms with Crippen LogP contribution in [0, 0.1) is 11.8 Å². The van der Waals surface area contributed by atoms with E-state index in [0.717, 1.165) is 52.2 Å². The number of carbonyl (C=O) groups is 3. The van der Waals surface area contributed by atoms with Crippen LogP contribution < -0.4 is 9.46 Å². The number of sulfonamides is 1. The first-order valence-electron chi connectivity index (χ1n) is 18.3. The number of aromatic nitrogens is 2. The molecule has 2 amide bonds. The lowest BCUT2D eigenvalue weighted by Gasteiger charge is -2.40. The Morgan fingerprint density at radius 1 is 0.887 bits per heavy atom. The van der Waals surface area contributed by atoms with Gasteiger partial charge in [-0.15, -0.1) is 11.3 Å². The zero-order valence-corrected chi connectivity index (χ0v) is 32.9. The molecular weight excluding hydrogens is 709 g/mol. The van der Waals surface area contributed by atoms with Crippen molar-refractivity contribution >= 4 is 39.0 Å². The smallest absolute Gasteiger partial charge is 0.240 e.